The van der Waals surface area contributed by atoms with E-state index in [-0.39, 0.29) is 5.91 Å². The van der Waals surface area contributed by atoms with Gasteiger partial charge in [0.15, 0.2) is 4.32 Å². The van der Waals surface area contributed by atoms with E-state index in [1.807, 2.05) is 48.7 Å². The molecule has 0 N–H and O–H groups in total. The number of thiophene rings is 1. The molecule has 2 heterocycles. The van der Waals surface area contributed by atoms with Gasteiger partial charge in [0.1, 0.15) is 0 Å². The summed E-state index contributed by atoms with van der Waals surface area (Å²) in [4.78, 5) is 16.0. The molecule has 1 aromatic carbocycles. The number of aryl methyl sites for hydroxylation is 2. The SMILES string of the molecule is Cc1ccc(N2C(=O)/C(=C/c3cccs3)SC2=S)cc1C. The minimum Gasteiger partial charge on any atom is -0.268 e. The van der Waals surface area contributed by atoms with Crippen LogP contribution >= 0.6 is 35.3 Å². The molecule has 1 amide bonds. The van der Waals surface area contributed by atoms with Crippen molar-refractivity contribution in [3.63, 3.8) is 0 Å². The van der Waals surface area contributed by atoms with Crippen molar-refractivity contribution in [3.05, 3.63) is 56.6 Å². The van der Waals surface area contributed by atoms with Gasteiger partial charge in [-0.2, -0.15) is 0 Å². The number of carbonyl (C=O) groups excluding carboxylic acids is 1. The van der Waals surface area contributed by atoms with Crippen LogP contribution in [0.4, 0.5) is 5.69 Å². The Morgan fingerprint density at radius 3 is 2.67 bits per heavy atom. The largest absolute Gasteiger partial charge is 0.270 e. The summed E-state index contributed by atoms with van der Waals surface area (Å²) >= 11 is 8.35. The number of rotatable bonds is 2. The van der Waals surface area contributed by atoms with Gasteiger partial charge in [0, 0.05) is 4.88 Å². The molecule has 1 fully saturated rings. The molecule has 2 nitrogen and oxygen atoms in total. The summed E-state index contributed by atoms with van der Waals surface area (Å²) < 4.78 is 0.589. The Bertz CT molecular complexity index is 747. The normalized spacial score (nSPS) is 17.0. The molecule has 1 aliphatic heterocycles. The van der Waals surface area contributed by atoms with Crippen molar-refractivity contribution < 1.29 is 4.79 Å². The fourth-order valence-electron chi connectivity index (χ4n) is 2.06. The molecule has 2 aromatic rings. The minimum absolute atomic E-state index is 0.0401. The number of carbonyl (C=O) groups is 1. The molecule has 1 aliphatic rings. The van der Waals surface area contributed by atoms with E-state index in [0.717, 1.165) is 16.1 Å². The van der Waals surface area contributed by atoms with Gasteiger partial charge in [0.25, 0.3) is 5.91 Å². The molecule has 106 valence electrons. The van der Waals surface area contributed by atoms with Crippen molar-refractivity contribution in [1.82, 2.24) is 0 Å². The molecule has 21 heavy (non-hydrogen) atoms. The Labute approximate surface area is 137 Å². The highest BCUT2D eigenvalue weighted by Gasteiger charge is 2.33. The molecule has 0 unspecified atom stereocenters. The van der Waals surface area contributed by atoms with Crippen LogP contribution in [0.1, 0.15) is 16.0 Å². The van der Waals surface area contributed by atoms with Gasteiger partial charge in [0.05, 0.1) is 10.6 Å². The Morgan fingerprint density at radius 1 is 1.19 bits per heavy atom. The average molecular weight is 331 g/mol. The van der Waals surface area contributed by atoms with Gasteiger partial charge >= 0.3 is 0 Å². The second-order valence-corrected chi connectivity index (χ2v) is 7.46. The van der Waals surface area contributed by atoms with E-state index in [2.05, 4.69) is 6.92 Å². The average Bonchev–Trinajstić information content (AvgIpc) is 3.03. The molecule has 0 spiro atoms. The number of hydrogen-bond donors (Lipinski definition) is 0. The molecule has 5 heteroatoms. The number of hydrogen-bond acceptors (Lipinski definition) is 4. The first-order valence-corrected chi connectivity index (χ1v) is 8.55. The van der Waals surface area contributed by atoms with Gasteiger partial charge in [-0.1, -0.05) is 36.1 Å². The molecule has 0 atom stereocenters. The van der Waals surface area contributed by atoms with E-state index in [4.69, 9.17) is 12.2 Å². The number of amides is 1. The third-order valence-corrected chi connectivity index (χ3v) is 5.48. The molecule has 1 aromatic heterocycles. The zero-order valence-corrected chi connectivity index (χ0v) is 14.1. The van der Waals surface area contributed by atoms with Crippen molar-refractivity contribution in [1.29, 1.82) is 0 Å². The van der Waals surface area contributed by atoms with Crippen LogP contribution in [-0.2, 0) is 4.79 Å². The third-order valence-electron chi connectivity index (χ3n) is 3.36. The van der Waals surface area contributed by atoms with Crippen LogP contribution in [0.2, 0.25) is 0 Å². The van der Waals surface area contributed by atoms with E-state index in [1.165, 1.54) is 17.3 Å². The van der Waals surface area contributed by atoms with Crippen LogP contribution in [0.3, 0.4) is 0 Å². The zero-order valence-electron chi connectivity index (χ0n) is 11.6. The summed E-state index contributed by atoms with van der Waals surface area (Å²) in [7, 11) is 0. The topological polar surface area (TPSA) is 20.3 Å². The molecular weight excluding hydrogens is 318 g/mol. The summed E-state index contributed by atoms with van der Waals surface area (Å²) in [5.74, 6) is -0.0401. The Kier molecular flexibility index (Phi) is 3.97. The van der Waals surface area contributed by atoms with E-state index >= 15 is 0 Å². The predicted octanol–water partition coefficient (Wildman–Crippen LogP) is 4.77. The zero-order chi connectivity index (χ0) is 15.0. The molecule has 0 bridgehead atoms. The Balaban J connectivity index is 1.95. The van der Waals surface area contributed by atoms with Crippen molar-refractivity contribution in [2.45, 2.75) is 13.8 Å². The highest BCUT2D eigenvalue weighted by Crippen LogP contribution is 2.36. The summed E-state index contributed by atoms with van der Waals surface area (Å²) in [5, 5.41) is 2.00. The number of thiocarbonyl (C=S) groups is 1. The van der Waals surface area contributed by atoms with Gasteiger partial charge in [-0.05, 0) is 54.6 Å². The standard InChI is InChI=1S/C16H13NOS3/c1-10-5-6-12(8-11(10)2)17-15(18)14(21-16(17)19)9-13-4-3-7-20-13/h3-9H,1-2H3/b14-9-. The highest BCUT2D eigenvalue weighted by atomic mass is 32.2. The fourth-order valence-corrected chi connectivity index (χ4v) is 4.08. The van der Waals surface area contributed by atoms with Gasteiger partial charge < -0.3 is 0 Å². The van der Waals surface area contributed by atoms with Crippen molar-refractivity contribution in [3.8, 4) is 0 Å². The lowest BCUT2D eigenvalue weighted by molar-refractivity contribution is -0.113. The quantitative estimate of drug-likeness (QED) is 0.584. The first-order valence-electron chi connectivity index (χ1n) is 6.45. The first kappa shape index (κ1) is 14.5. The van der Waals surface area contributed by atoms with Gasteiger partial charge in [-0.25, -0.2) is 0 Å². The summed E-state index contributed by atoms with van der Waals surface area (Å²) in [6.07, 6.45) is 1.91. The van der Waals surface area contributed by atoms with E-state index < -0.39 is 0 Å². The molecule has 0 aliphatic carbocycles. The summed E-state index contributed by atoms with van der Waals surface area (Å²) in [5.41, 5.74) is 3.21. The first-order chi connectivity index (χ1) is 10.1. The lowest BCUT2D eigenvalue weighted by Crippen LogP contribution is -2.27. The van der Waals surface area contributed by atoms with Crippen LogP contribution in [0.25, 0.3) is 6.08 Å². The minimum atomic E-state index is -0.0401. The Morgan fingerprint density at radius 2 is 2.00 bits per heavy atom. The lowest BCUT2D eigenvalue weighted by atomic mass is 10.1. The van der Waals surface area contributed by atoms with Crippen LogP contribution in [-0.4, -0.2) is 10.2 Å². The van der Waals surface area contributed by atoms with Crippen molar-refractivity contribution in [2.75, 3.05) is 4.90 Å². The second kappa shape index (κ2) is 5.75. The molecular formula is C16H13NOS3. The summed E-state index contributed by atoms with van der Waals surface area (Å²) in [6.45, 7) is 4.10. The highest BCUT2D eigenvalue weighted by molar-refractivity contribution is 8.27. The molecule has 0 radical (unpaired) electrons. The molecule has 1 saturated heterocycles. The van der Waals surface area contributed by atoms with Crippen LogP contribution in [0, 0.1) is 13.8 Å². The fraction of sp³-hybridized carbons (Fsp3) is 0.125. The van der Waals surface area contributed by atoms with Crippen LogP contribution in [0.5, 0.6) is 0 Å². The Hall–Kier alpha value is -1.43. The van der Waals surface area contributed by atoms with E-state index in [0.29, 0.717) is 9.23 Å². The van der Waals surface area contributed by atoms with Gasteiger partial charge in [0.2, 0.25) is 0 Å². The molecule has 0 saturated carbocycles. The lowest BCUT2D eigenvalue weighted by Gasteiger charge is -2.15. The second-order valence-electron chi connectivity index (χ2n) is 4.80. The maximum Gasteiger partial charge on any atom is 0.270 e. The van der Waals surface area contributed by atoms with Gasteiger partial charge in [-0.3, -0.25) is 9.69 Å². The van der Waals surface area contributed by atoms with Crippen LogP contribution < -0.4 is 4.90 Å². The number of thioether (sulfide) groups is 1. The number of anilines is 1. The van der Waals surface area contributed by atoms with E-state index in [1.54, 1.807) is 16.2 Å². The van der Waals surface area contributed by atoms with Crippen LogP contribution in [0.15, 0.2) is 40.6 Å². The van der Waals surface area contributed by atoms with Crippen molar-refractivity contribution in [2.24, 2.45) is 0 Å². The maximum absolute atomic E-state index is 12.6. The molecule has 3 rings (SSSR count). The predicted molar refractivity (Wildman–Crippen MR) is 95.9 cm³/mol. The third kappa shape index (κ3) is 2.81. The van der Waals surface area contributed by atoms with E-state index in [9.17, 15) is 4.79 Å². The monoisotopic (exact) mass is 331 g/mol. The number of nitrogens with zero attached hydrogens (tertiary/aromatic N) is 1. The van der Waals surface area contributed by atoms with Crippen molar-refractivity contribution >= 4 is 57.3 Å². The summed E-state index contributed by atoms with van der Waals surface area (Å²) in [6, 6.07) is 9.94. The smallest absolute Gasteiger partial charge is 0.268 e. The maximum atomic E-state index is 12.6. The van der Waals surface area contributed by atoms with Gasteiger partial charge in [-0.15, -0.1) is 11.3 Å². The number of benzene rings is 1.